The van der Waals surface area contributed by atoms with E-state index in [-0.39, 0.29) is 6.04 Å². The summed E-state index contributed by atoms with van der Waals surface area (Å²) in [4.78, 5) is 11.4. The molecular weight excluding hydrogens is 222 g/mol. The molecule has 0 radical (unpaired) electrons. The van der Waals surface area contributed by atoms with Crippen molar-refractivity contribution < 1.29 is 9.90 Å². The monoisotopic (exact) mass is 245 g/mol. The van der Waals surface area contributed by atoms with E-state index in [1.807, 2.05) is 11.8 Å². The zero-order chi connectivity index (χ0) is 12.2. The van der Waals surface area contributed by atoms with Crippen molar-refractivity contribution in [3.63, 3.8) is 0 Å². The minimum absolute atomic E-state index is 0.277. The fourth-order valence-corrected chi connectivity index (χ4v) is 3.57. The predicted molar refractivity (Wildman–Crippen MR) is 69.0 cm³/mol. The molecular formula is C12H23NO2S. The highest BCUT2D eigenvalue weighted by atomic mass is 32.2. The summed E-state index contributed by atoms with van der Waals surface area (Å²) in [6, 6.07) is 0.277. The van der Waals surface area contributed by atoms with Gasteiger partial charge in [0.15, 0.2) is 0 Å². The molecule has 16 heavy (non-hydrogen) atoms. The maximum Gasteiger partial charge on any atom is 0.323 e. The summed E-state index contributed by atoms with van der Waals surface area (Å²) in [5.41, 5.74) is -0.667. The normalized spacial score (nSPS) is 22.0. The van der Waals surface area contributed by atoms with Gasteiger partial charge in [-0.3, -0.25) is 10.1 Å². The fraction of sp³-hybridized carbons (Fsp3) is 0.917. The van der Waals surface area contributed by atoms with Crippen LogP contribution in [0.1, 0.15) is 40.0 Å². The maximum absolute atomic E-state index is 11.4. The average molecular weight is 245 g/mol. The molecule has 2 N–H and O–H groups in total. The number of thioether (sulfide) groups is 1. The van der Waals surface area contributed by atoms with Crippen molar-refractivity contribution in [1.82, 2.24) is 5.32 Å². The molecule has 1 rings (SSSR count). The van der Waals surface area contributed by atoms with Crippen LogP contribution in [0, 0.1) is 5.92 Å². The summed E-state index contributed by atoms with van der Waals surface area (Å²) in [6.07, 6.45) is 2.52. The third-order valence-corrected chi connectivity index (χ3v) is 4.09. The molecule has 0 saturated carbocycles. The summed E-state index contributed by atoms with van der Waals surface area (Å²) in [6.45, 7) is 6.43. The molecule has 0 aromatic heterocycles. The highest BCUT2D eigenvalue weighted by Gasteiger charge is 2.40. The minimum Gasteiger partial charge on any atom is -0.480 e. The van der Waals surface area contributed by atoms with Crippen molar-refractivity contribution in [1.29, 1.82) is 0 Å². The van der Waals surface area contributed by atoms with Gasteiger partial charge in [0.05, 0.1) is 0 Å². The van der Waals surface area contributed by atoms with E-state index >= 15 is 0 Å². The van der Waals surface area contributed by atoms with E-state index in [4.69, 9.17) is 0 Å². The second-order valence-electron chi connectivity index (χ2n) is 5.17. The van der Waals surface area contributed by atoms with Gasteiger partial charge in [-0.1, -0.05) is 13.8 Å². The number of aliphatic carboxylic acids is 1. The molecule has 0 amide bonds. The summed E-state index contributed by atoms with van der Waals surface area (Å²) in [7, 11) is 0. The van der Waals surface area contributed by atoms with E-state index < -0.39 is 11.5 Å². The Morgan fingerprint density at radius 2 is 1.94 bits per heavy atom. The third-order valence-electron chi connectivity index (χ3n) is 3.10. The van der Waals surface area contributed by atoms with E-state index in [2.05, 4.69) is 26.1 Å². The van der Waals surface area contributed by atoms with Crippen molar-refractivity contribution in [2.45, 2.75) is 51.6 Å². The second kappa shape index (κ2) is 5.92. The molecule has 1 aliphatic heterocycles. The molecule has 1 fully saturated rings. The number of hydrogen-bond donors (Lipinski definition) is 2. The van der Waals surface area contributed by atoms with Gasteiger partial charge >= 0.3 is 5.97 Å². The van der Waals surface area contributed by atoms with Crippen LogP contribution < -0.4 is 5.32 Å². The highest BCUT2D eigenvalue weighted by Crippen LogP contribution is 2.28. The van der Waals surface area contributed by atoms with Gasteiger partial charge in [0, 0.05) is 6.04 Å². The lowest BCUT2D eigenvalue weighted by Crippen LogP contribution is -2.57. The molecule has 1 unspecified atom stereocenters. The standard InChI is InChI=1S/C12H23NO2S/c1-9(2)8-10(3)13-12(11(14)15)4-6-16-7-5-12/h9-10,13H,4-8H2,1-3H3,(H,14,15). The van der Waals surface area contributed by atoms with Crippen molar-refractivity contribution >= 4 is 17.7 Å². The Hall–Kier alpha value is -0.220. The SMILES string of the molecule is CC(C)CC(C)NC1(C(=O)O)CCSCC1. The molecule has 1 saturated heterocycles. The van der Waals surface area contributed by atoms with Crippen molar-refractivity contribution in [2.24, 2.45) is 5.92 Å². The summed E-state index contributed by atoms with van der Waals surface area (Å²) in [5, 5.41) is 12.8. The van der Waals surface area contributed by atoms with Crippen molar-refractivity contribution in [3.8, 4) is 0 Å². The van der Waals surface area contributed by atoms with E-state index in [1.165, 1.54) is 0 Å². The van der Waals surface area contributed by atoms with E-state index in [0.29, 0.717) is 5.92 Å². The summed E-state index contributed by atoms with van der Waals surface area (Å²) >= 11 is 1.85. The molecule has 1 atom stereocenters. The van der Waals surface area contributed by atoms with Crippen LogP contribution in [-0.4, -0.2) is 34.2 Å². The first-order valence-electron chi connectivity index (χ1n) is 6.05. The van der Waals surface area contributed by atoms with Gasteiger partial charge in [-0.05, 0) is 43.6 Å². The predicted octanol–water partition coefficient (Wildman–Crippen LogP) is 2.36. The van der Waals surface area contributed by atoms with Gasteiger partial charge in [0.1, 0.15) is 5.54 Å². The lowest BCUT2D eigenvalue weighted by Gasteiger charge is -2.36. The number of carboxylic acids is 1. The van der Waals surface area contributed by atoms with Gasteiger partial charge < -0.3 is 5.11 Å². The largest absolute Gasteiger partial charge is 0.480 e. The number of carboxylic acid groups (broad SMARTS) is 1. The smallest absolute Gasteiger partial charge is 0.323 e. The van der Waals surface area contributed by atoms with Crippen LogP contribution in [0.5, 0.6) is 0 Å². The molecule has 4 heteroatoms. The van der Waals surface area contributed by atoms with Gasteiger partial charge in [-0.2, -0.15) is 11.8 Å². The number of nitrogens with one attached hydrogen (secondary N) is 1. The Labute approximate surface area is 102 Å². The fourth-order valence-electron chi connectivity index (χ4n) is 2.38. The van der Waals surface area contributed by atoms with Gasteiger partial charge in [0.25, 0.3) is 0 Å². The molecule has 0 spiro atoms. The second-order valence-corrected chi connectivity index (χ2v) is 6.40. The van der Waals surface area contributed by atoms with E-state index in [0.717, 1.165) is 30.8 Å². The highest BCUT2D eigenvalue weighted by molar-refractivity contribution is 7.99. The summed E-state index contributed by atoms with van der Waals surface area (Å²) in [5.74, 6) is 1.83. The van der Waals surface area contributed by atoms with Crippen LogP contribution in [0.15, 0.2) is 0 Å². The van der Waals surface area contributed by atoms with Crippen LogP contribution in [-0.2, 0) is 4.79 Å². The van der Waals surface area contributed by atoms with Gasteiger partial charge in [0.2, 0.25) is 0 Å². The Kier molecular flexibility index (Phi) is 5.12. The molecule has 0 bridgehead atoms. The summed E-state index contributed by atoms with van der Waals surface area (Å²) < 4.78 is 0. The quantitative estimate of drug-likeness (QED) is 0.780. The lowest BCUT2D eigenvalue weighted by molar-refractivity contribution is -0.145. The van der Waals surface area contributed by atoms with Gasteiger partial charge in [-0.15, -0.1) is 0 Å². The molecule has 1 heterocycles. The van der Waals surface area contributed by atoms with E-state index in [1.54, 1.807) is 0 Å². The Bertz CT molecular complexity index is 237. The molecule has 94 valence electrons. The number of rotatable bonds is 5. The first-order valence-corrected chi connectivity index (χ1v) is 7.20. The van der Waals surface area contributed by atoms with Gasteiger partial charge in [-0.25, -0.2) is 0 Å². The first kappa shape index (κ1) is 13.8. The first-order chi connectivity index (χ1) is 7.46. The van der Waals surface area contributed by atoms with Crippen LogP contribution in [0.2, 0.25) is 0 Å². The van der Waals surface area contributed by atoms with Crippen molar-refractivity contribution in [2.75, 3.05) is 11.5 Å². The molecule has 3 nitrogen and oxygen atoms in total. The molecule has 0 aromatic rings. The van der Waals surface area contributed by atoms with Crippen LogP contribution in [0.4, 0.5) is 0 Å². The maximum atomic E-state index is 11.4. The molecule has 1 aliphatic rings. The Balaban J connectivity index is 2.60. The number of hydrogen-bond acceptors (Lipinski definition) is 3. The average Bonchev–Trinajstić information content (AvgIpc) is 2.17. The molecule has 0 aliphatic carbocycles. The topological polar surface area (TPSA) is 49.3 Å². The zero-order valence-electron chi connectivity index (χ0n) is 10.5. The van der Waals surface area contributed by atoms with Crippen LogP contribution >= 0.6 is 11.8 Å². The molecule has 0 aromatic carbocycles. The lowest BCUT2D eigenvalue weighted by atomic mass is 9.90. The Morgan fingerprint density at radius 3 is 2.38 bits per heavy atom. The van der Waals surface area contributed by atoms with Crippen LogP contribution in [0.25, 0.3) is 0 Å². The third kappa shape index (κ3) is 3.67. The minimum atomic E-state index is -0.677. The zero-order valence-corrected chi connectivity index (χ0v) is 11.3. The number of carbonyl (C=O) groups is 1. The van der Waals surface area contributed by atoms with Crippen LogP contribution in [0.3, 0.4) is 0 Å². The van der Waals surface area contributed by atoms with E-state index in [9.17, 15) is 9.90 Å². The van der Waals surface area contributed by atoms with Crippen molar-refractivity contribution in [3.05, 3.63) is 0 Å². The Morgan fingerprint density at radius 1 is 1.38 bits per heavy atom.